The van der Waals surface area contributed by atoms with E-state index in [1.165, 1.54) is 12.1 Å². The van der Waals surface area contributed by atoms with Gasteiger partial charge in [0.2, 0.25) is 0 Å². The Morgan fingerprint density at radius 1 is 1.50 bits per heavy atom. The lowest BCUT2D eigenvalue weighted by molar-refractivity contribution is 0.0336. The minimum atomic E-state index is -0.500. The van der Waals surface area contributed by atoms with Crippen LogP contribution in [0.15, 0.2) is 18.2 Å². The standard InChI is InChI=1S/C11H15ClFNO2/c1-2-15-9(6-14)7-16-8-3-4-10(12)11(13)5-8/h3-5,9H,2,6-7,14H2,1H3. The highest BCUT2D eigenvalue weighted by molar-refractivity contribution is 6.30. The van der Waals surface area contributed by atoms with Crippen molar-refractivity contribution in [3.63, 3.8) is 0 Å². The number of halogens is 2. The van der Waals surface area contributed by atoms with Crippen molar-refractivity contribution in [3.05, 3.63) is 29.0 Å². The third kappa shape index (κ3) is 3.96. The molecule has 0 saturated heterocycles. The summed E-state index contributed by atoms with van der Waals surface area (Å²) >= 11 is 5.55. The van der Waals surface area contributed by atoms with Crippen LogP contribution in [0.2, 0.25) is 5.02 Å². The first-order valence-electron chi connectivity index (χ1n) is 5.07. The number of rotatable bonds is 6. The van der Waals surface area contributed by atoms with Crippen molar-refractivity contribution in [2.75, 3.05) is 19.8 Å². The van der Waals surface area contributed by atoms with Crippen molar-refractivity contribution in [2.45, 2.75) is 13.0 Å². The Hall–Kier alpha value is -0.840. The minimum Gasteiger partial charge on any atom is -0.491 e. The van der Waals surface area contributed by atoms with Crippen LogP contribution in [0.1, 0.15) is 6.92 Å². The van der Waals surface area contributed by atoms with Gasteiger partial charge in [0.25, 0.3) is 0 Å². The molecule has 0 saturated carbocycles. The third-order valence-electron chi connectivity index (χ3n) is 1.99. The van der Waals surface area contributed by atoms with E-state index in [1.807, 2.05) is 6.92 Å². The highest BCUT2D eigenvalue weighted by Gasteiger charge is 2.08. The predicted octanol–water partition coefficient (Wildman–Crippen LogP) is 2.22. The number of nitrogens with two attached hydrogens (primary N) is 1. The molecule has 90 valence electrons. The van der Waals surface area contributed by atoms with Crippen LogP contribution in [-0.2, 0) is 4.74 Å². The number of hydrogen-bond donors (Lipinski definition) is 1. The summed E-state index contributed by atoms with van der Waals surface area (Å²) in [4.78, 5) is 0. The third-order valence-corrected chi connectivity index (χ3v) is 2.30. The van der Waals surface area contributed by atoms with Gasteiger partial charge < -0.3 is 15.2 Å². The van der Waals surface area contributed by atoms with Crippen molar-refractivity contribution in [1.29, 1.82) is 0 Å². The molecule has 3 nitrogen and oxygen atoms in total. The quantitative estimate of drug-likeness (QED) is 0.838. The molecule has 2 N–H and O–H groups in total. The van der Waals surface area contributed by atoms with Gasteiger partial charge in [0.1, 0.15) is 24.3 Å². The molecule has 0 radical (unpaired) electrons. The molecule has 0 aromatic heterocycles. The first-order valence-corrected chi connectivity index (χ1v) is 5.44. The molecule has 1 aromatic rings. The van der Waals surface area contributed by atoms with Crippen molar-refractivity contribution in [2.24, 2.45) is 5.73 Å². The van der Waals surface area contributed by atoms with Gasteiger partial charge in [-0.15, -0.1) is 0 Å². The normalized spacial score (nSPS) is 12.5. The average Bonchev–Trinajstić information content (AvgIpc) is 2.28. The van der Waals surface area contributed by atoms with E-state index < -0.39 is 5.82 Å². The zero-order chi connectivity index (χ0) is 12.0. The van der Waals surface area contributed by atoms with E-state index in [2.05, 4.69) is 0 Å². The van der Waals surface area contributed by atoms with Crippen molar-refractivity contribution < 1.29 is 13.9 Å². The molecule has 5 heteroatoms. The highest BCUT2D eigenvalue weighted by Crippen LogP contribution is 2.20. The molecule has 0 spiro atoms. The second-order valence-electron chi connectivity index (χ2n) is 3.20. The zero-order valence-corrected chi connectivity index (χ0v) is 9.84. The van der Waals surface area contributed by atoms with Gasteiger partial charge in [-0.05, 0) is 19.1 Å². The zero-order valence-electron chi connectivity index (χ0n) is 9.08. The fraction of sp³-hybridized carbons (Fsp3) is 0.455. The molecule has 0 aliphatic rings. The van der Waals surface area contributed by atoms with Gasteiger partial charge in [-0.1, -0.05) is 11.6 Å². The first-order chi connectivity index (χ1) is 7.67. The minimum absolute atomic E-state index is 0.0764. The van der Waals surface area contributed by atoms with Crippen molar-refractivity contribution in [3.8, 4) is 5.75 Å². The summed E-state index contributed by atoms with van der Waals surface area (Å²) in [6.45, 7) is 3.11. The SMILES string of the molecule is CCOC(CN)COc1ccc(Cl)c(F)c1. The molecule has 0 bridgehead atoms. The van der Waals surface area contributed by atoms with Crippen LogP contribution in [0.5, 0.6) is 5.75 Å². The Bertz CT molecular complexity index is 336. The van der Waals surface area contributed by atoms with Crippen LogP contribution >= 0.6 is 11.6 Å². The molecule has 0 fully saturated rings. The van der Waals surface area contributed by atoms with E-state index in [-0.39, 0.29) is 11.1 Å². The molecular formula is C11H15ClFNO2. The van der Waals surface area contributed by atoms with Gasteiger partial charge in [-0.3, -0.25) is 0 Å². The van der Waals surface area contributed by atoms with Crippen molar-refractivity contribution in [1.82, 2.24) is 0 Å². The van der Waals surface area contributed by atoms with Crippen LogP contribution < -0.4 is 10.5 Å². The molecule has 0 aliphatic carbocycles. The van der Waals surface area contributed by atoms with Crippen LogP contribution in [0, 0.1) is 5.82 Å². The van der Waals surface area contributed by atoms with Gasteiger partial charge in [-0.25, -0.2) is 4.39 Å². The van der Waals surface area contributed by atoms with E-state index in [0.29, 0.717) is 25.5 Å². The average molecular weight is 248 g/mol. The van der Waals surface area contributed by atoms with E-state index in [0.717, 1.165) is 0 Å². The molecule has 0 aliphatic heterocycles. The fourth-order valence-corrected chi connectivity index (χ4v) is 1.29. The van der Waals surface area contributed by atoms with Crippen LogP contribution in [-0.4, -0.2) is 25.9 Å². The summed E-state index contributed by atoms with van der Waals surface area (Å²) in [6.07, 6.45) is -0.177. The van der Waals surface area contributed by atoms with Crippen LogP contribution in [0.3, 0.4) is 0 Å². The molecule has 16 heavy (non-hydrogen) atoms. The molecular weight excluding hydrogens is 233 g/mol. The molecule has 1 rings (SSSR count). The predicted molar refractivity (Wildman–Crippen MR) is 61.4 cm³/mol. The lowest BCUT2D eigenvalue weighted by Crippen LogP contribution is -2.30. The van der Waals surface area contributed by atoms with Crippen LogP contribution in [0.25, 0.3) is 0 Å². The molecule has 1 atom stereocenters. The maximum Gasteiger partial charge on any atom is 0.145 e. The van der Waals surface area contributed by atoms with E-state index >= 15 is 0 Å². The fourth-order valence-electron chi connectivity index (χ4n) is 1.18. The van der Waals surface area contributed by atoms with Crippen molar-refractivity contribution >= 4 is 11.6 Å². The van der Waals surface area contributed by atoms with Gasteiger partial charge >= 0.3 is 0 Å². The molecule has 0 amide bonds. The van der Waals surface area contributed by atoms with Gasteiger partial charge in [-0.2, -0.15) is 0 Å². The van der Waals surface area contributed by atoms with E-state index in [1.54, 1.807) is 6.07 Å². The topological polar surface area (TPSA) is 44.5 Å². The van der Waals surface area contributed by atoms with E-state index in [4.69, 9.17) is 26.8 Å². The smallest absolute Gasteiger partial charge is 0.145 e. The Balaban J connectivity index is 2.50. The monoisotopic (exact) mass is 247 g/mol. The highest BCUT2D eigenvalue weighted by atomic mass is 35.5. The van der Waals surface area contributed by atoms with Gasteiger partial charge in [0.15, 0.2) is 0 Å². The summed E-state index contributed by atoms with van der Waals surface area (Å²) in [7, 11) is 0. The summed E-state index contributed by atoms with van der Waals surface area (Å²) < 4.78 is 23.7. The molecule has 1 unspecified atom stereocenters. The van der Waals surface area contributed by atoms with Gasteiger partial charge in [0, 0.05) is 19.2 Å². The maximum absolute atomic E-state index is 13.1. The summed E-state index contributed by atoms with van der Waals surface area (Å²) in [5.74, 6) is -0.0834. The lowest BCUT2D eigenvalue weighted by atomic mass is 10.3. The molecule has 1 aromatic carbocycles. The largest absolute Gasteiger partial charge is 0.491 e. The number of ether oxygens (including phenoxy) is 2. The Morgan fingerprint density at radius 3 is 2.81 bits per heavy atom. The second-order valence-corrected chi connectivity index (χ2v) is 3.61. The number of hydrogen-bond acceptors (Lipinski definition) is 3. The second kappa shape index (κ2) is 6.68. The summed E-state index contributed by atoms with van der Waals surface area (Å²) in [6, 6.07) is 4.29. The Labute approximate surface area is 99.3 Å². The lowest BCUT2D eigenvalue weighted by Gasteiger charge is -2.15. The summed E-state index contributed by atoms with van der Waals surface area (Å²) in [5.41, 5.74) is 5.48. The van der Waals surface area contributed by atoms with Gasteiger partial charge in [0.05, 0.1) is 5.02 Å². The summed E-state index contributed by atoms with van der Waals surface area (Å²) in [5, 5.41) is 0.0764. The number of benzene rings is 1. The van der Waals surface area contributed by atoms with E-state index in [9.17, 15) is 4.39 Å². The van der Waals surface area contributed by atoms with Crippen LogP contribution in [0.4, 0.5) is 4.39 Å². The maximum atomic E-state index is 13.1. The Morgan fingerprint density at radius 2 is 2.25 bits per heavy atom. The molecule has 0 heterocycles. The Kier molecular flexibility index (Phi) is 5.52. The first kappa shape index (κ1) is 13.2.